The summed E-state index contributed by atoms with van der Waals surface area (Å²) in [5.41, 5.74) is 6.13. The van der Waals surface area contributed by atoms with Gasteiger partial charge >= 0.3 is 5.97 Å². The highest BCUT2D eigenvalue weighted by Crippen LogP contribution is 2.12. The maximum Gasteiger partial charge on any atom is 0.351 e. The number of nitriles is 1. The fourth-order valence-electron chi connectivity index (χ4n) is 1.07. The van der Waals surface area contributed by atoms with E-state index in [1.807, 2.05) is 0 Å². The molecule has 0 aliphatic carbocycles. The van der Waals surface area contributed by atoms with Gasteiger partial charge in [-0.15, -0.1) is 0 Å². The van der Waals surface area contributed by atoms with Crippen molar-refractivity contribution in [1.29, 1.82) is 5.26 Å². The molecule has 5 heteroatoms. The van der Waals surface area contributed by atoms with Crippen LogP contribution >= 0.6 is 0 Å². The first-order valence-electron chi connectivity index (χ1n) is 4.41. The highest BCUT2D eigenvalue weighted by atomic mass is 16.5. The molecule has 78 valence electrons. The number of nitrogens with two attached hydrogens (primary N) is 1. The van der Waals surface area contributed by atoms with Crippen molar-refractivity contribution in [3.8, 4) is 6.07 Å². The van der Waals surface area contributed by atoms with E-state index in [0.29, 0.717) is 11.4 Å². The van der Waals surface area contributed by atoms with Gasteiger partial charge in [0.1, 0.15) is 6.07 Å². The molecule has 0 unspecified atom stereocenters. The van der Waals surface area contributed by atoms with Gasteiger partial charge in [-0.2, -0.15) is 5.26 Å². The van der Waals surface area contributed by atoms with Crippen molar-refractivity contribution in [3.63, 3.8) is 0 Å². The highest BCUT2D eigenvalue weighted by molar-refractivity contribution is 5.94. The Morgan fingerprint density at radius 2 is 2.47 bits per heavy atom. The first-order chi connectivity index (χ1) is 7.20. The van der Waals surface area contributed by atoms with E-state index < -0.39 is 5.97 Å². The number of dihydropyridines is 1. The van der Waals surface area contributed by atoms with Crippen LogP contribution in [0.2, 0.25) is 0 Å². The van der Waals surface area contributed by atoms with Gasteiger partial charge in [0.15, 0.2) is 5.57 Å². The van der Waals surface area contributed by atoms with Crippen LogP contribution in [0.25, 0.3) is 0 Å². The van der Waals surface area contributed by atoms with Gasteiger partial charge < -0.3 is 15.8 Å². The van der Waals surface area contributed by atoms with E-state index in [1.54, 1.807) is 31.3 Å². The topological polar surface area (TPSA) is 88.1 Å². The monoisotopic (exact) mass is 205 g/mol. The average molecular weight is 205 g/mol. The number of rotatable bonds is 2. The second-order valence-corrected chi connectivity index (χ2v) is 2.71. The molecule has 0 radical (unpaired) electrons. The summed E-state index contributed by atoms with van der Waals surface area (Å²) in [6, 6.07) is 1.77. The number of carbonyl (C=O) groups excluding carboxylic acids is 1. The first-order valence-corrected chi connectivity index (χ1v) is 4.41. The third-order valence-electron chi connectivity index (χ3n) is 1.73. The molecular weight excluding hydrogens is 194 g/mol. The van der Waals surface area contributed by atoms with E-state index in [-0.39, 0.29) is 12.2 Å². The van der Waals surface area contributed by atoms with Gasteiger partial charge in [-0.25, -0.2) is 4.79 Å². The summed E-state index contributed by atoms with van der Waals surface area (Å²) in [5, 5.41) is 11.6. The van der Waals surface area contributed by atoms with Crippen molar-refractivity contribution in [1.82, 2.24) is 5.32 Å². The molecule has 0 bridgehead atoms. The van der Waals surface area contributed by atoms with E-state index in [4.69, 9.17) is 15.7 Å². The molecule has 5 nitrogen and oxygen atoms in total. The van der Waals surface area contributed by atoms with Gasteiger partial charge in [0.2, 0.25) is 0 Å². The van der Waals surface area contributed by atoms with Gasteiger partial charge in [0, 0.05) is 6.20 Å². The number of nitrogens with one attached hydrogen (secondary N) is 1. The molecule has 0 spiro atoms. The smallest absolute Gasteiger partial charge is 0.351 e. The zero-order valence-electron chi connectivity index (χ0n) is 8.28. The summed E-state index contributed by atoms with van der Waals surface area (Å²) in [5.74, 6) is -0.672. The molecule has 0 aromatic rings. The number of allylic oxidation sites excluding steroid dienone is 2. The van der Waals surface area contributed by atoms with Gasteiger partial charge in [0.25, 0.3) is 0 Å². The molecule has 1 heterocycles. The largest absolute Gasteiger partial charge is 0.462 e. The van der Waals surface area contributed by atoms with Crippen LogP contribution in [0.1, 0.15) is 6.92 Å². The van der Waals surface area contributed by atoms with Crippen LogP contribution in [-0.2, 0) is 9.53 Å². The van der Waals surface area contributed by atoms with E-state index in [2.05, 4.69) is 5.32 Å². The Bertz CT molecular complexity index is 399. The molecule has 0 saturated carbocycles. The van der Waals surface area contributed by atoms with Crippen molar-refractivity contribution >= 4 is 5.97 Å². The molecule has 3 N–H and O–H groups in total. The summed E-state index contributed by atoms with van der Waals surface area (Å²) in [6.45, 7) is 1.89. The predicted octanol–water partition coefficient (Wildman–Crippen LogP) is 0.287. The summed E-state index contributed by atoms with van der Waals surface area (Å²) in [4.78, 5) is 11.4. The van der Waals surface area contributed by atoms with Crippen LogP contribution in [0.3, 0.4) is 0 Å². The first kappa shape index (κ1) is 10.9. The predicted molar refractivity (Wildman–Crippen MR) is 53.8 cm³/mol. The number of nitrogens with zero attached hydrogens (tertiary/aromatic N) is 1. The Kier molecular flexibility index (Phi) is 3.52. The van der Waals surface area contributed by atoms with Gasteiger partial charge in [-0.05, 0) is 19.1 Å². The lowest BCUT2D eigenvalue weighted by molar-refractivity contribution is -0.138. The van der Waals surface area contributed by atoms with E-state index in [9.17, 15) is 4.79 Å². The molecule has 0 saturated heterocycles. The van der Waals surface area contributed by atoms with Crippen molar-refractivity contribution in [2.75, 3.05) is 6.61 Å². The van der Waals surface area contributed by atoms with Gasteiger partial charge in [0.05, 0.1) is 18.0 Å². The van der Waals surface area contributed by atoms with Crippen molar-refractivity contribution in [3.05, 3.63) is 35.3 Å². The lowest BCUT2D eigenvalue weighted by Crippen LogP contribution is -2.22. The normalized spacial score (nSPS) is 17.2. The number of esters is 1. The second-order valence-electron chi connectivity index (χ2n) is 2.71. The molecule has 1 rings (SSSR count). The Morgan fingerprint density at radius 1 is 1.73 bits per heavy atom. The minimum absolute atomic E-state index is 0.116. The SMILES string of the molecule is CCOC(=O)/C(C#N)=C1\NC=CC=C1N. The van der Waals surface area contributed by atoms with Crippen molar-refractivity contribution < 1.29 is 9.53 Å². The fraction of sp³-hybridized carbons (Fsp3) is 0.200. The molecule has 0 fully saturated rings. The molecule has 0 aromatic heterocycles. The summed E-state index contributed by atoms with van der Waals surface area (Å²) in [7, 11) is 0. The van der Waals surface area contributed by atoms with Crippen LogP contribution in [0.5, 0.6) is 0 Å². The zero-order chi connectivity index (χ0) is 11.3. The Hall–Kier alpha value is -2.22. The Balaban J connectivity index is 3.05. The number of hydrogen-bond donors (Lipinski definition) is 2. The molecule has 1 aliphatic rings. The fourth-order valence-corrected chi connectivity index (χ4v) is 1.07. The Labute approximate surface area is 87.5 Å². The lowest BCUT2D eigenvalue weighted by atomic mass is 10.1. The highest BCUT2D eigenvalue weighted by Gasteiger charge is 2.18. The quantitative estimate of drug-likeness (QED) is 0.384. The summed E-state index contributed by atoms with van der Waals surface area (Å²) >= 11 is 0. The molecule has 0 aromatic carbocycles. The zero-order valence-corrected chi connectivity index (χ0v) is 8.28. The van der Waals surface area contributed by atoms with Crippen LogP contribution < -0.4 is 11.1 Å². The molecule has 15 heavy (non-hydrogen) atoms. The van der Waals surface area contributed by atoms with Crippen molar-refractivity contribution in [2.24, 2.45) is 5.73 Å². The maximum absolute atomic E-state index is 11.4. The lowest BCUT2D eigenvalue weighted by Gasteiger charge is -2.12. The number of ether oxygens (including phenoxy) is 1. The van der Waals surface area contributed by atoms with Crippen LogP contribution in [0, 0.1) is 11.3 Å². The summed E-state index contributed by atoms with van der Waals surface area (Å²) in [6.07, 6.45) is 4.86. The third-order valence-corrected chi connectivity index (χ3v) is 1.73. The van der Waals surface area contributed by atoms with Gasteiger partial charge in [-0.1, -0.05) is 0 Å². The summed E-state index contributed by atoms with van der Waals surface area (Å²) < 4.78 is 4.73. The van der Waals surface area contributed by atoms with E-state index in [1.165, 1.54) is 0 Å². The molecule has 0 atom stereocenters. The van der Waals surface area contributed by atoms with Crippen LogP contribution in [0.4, 0.5) is 0 Å². The van der Waals surface area contributed by atoms with Crippen LogP contribution in [0.15, 0.2) is 35.3 Å². The van der Waals surface area contributed by atoms with Crippen molar-refractivity contribution in [2.45, 2.75) is 6.92 Å². The molecule has 1 aliphatic heterocycles. The van der Waals surface area contributed by atoms with E-state index in [0.717, 1.165) is 0 Å². The minimum Gasteiger partial charge on any atom is -0.462 e. The molecular formula is C10H11N3O2. The number of hydrogen-bond acceptors (Lipinski definition) is 5. The number of carbonyl (C=O) groups is 1. The maximum atomic E-state index is 11.4. The standard InChI is InChI=1S/C10H11N3O2/c1-2-15-10(14)7(6-11)9-8(12)4-3-5-13-9/h3-5,13H,2,12H2,1H3/b9-7-. The third kappa shape index (κ3) is 2.38. The molecule has 0 amide bonds. The van der Waals surface area contributed by atoms with Gasteiger partial charge in [-0.3, -0.25) is 0 Å². The van der Waals surface area contributed by atoms with E-state index >= 15 is 0 Å². The second kappa shape index (κ2) is 4.86. The Morgan fingerprint density at radius 3 is 3.00 bits per heavy atom. The minimum atomic E-state index is -0.672. The average Bonchev–Trinajstić information content (AvgIpc) is 2.22. The van der Waals surface area contributed by atoms with Crippen LogP contribution in [-0.4, -0.2) is 12.6 Å².